The Morgan fingerprint density at radius 3 is 2.87 bits per heavy atom. The van der Waals surface area contributed by atoms with Crippen LogP contribution < -0.4 is 0 Å². The van der Waals surface area contributed by atoms with Crippen molar-refractivity contribution in [2.45, 2.75) is 13.5 Å². The summed E-state index contributed by atoms with van der Waals surface area (Å²) in [6.07, 6.45) is 1.74. The van der Waals surface area contributed by atoms with Gasteiger partial charge in [-0.15, -0.1) is 10.2 Å². The molecule has 0 spiro atoms. The first-order valence-corrected chi connectivity index (χ1v) is 6.14. The maximum absolute atomic E-state index is 4.12. The van der Waals surface area contributed by atoms with E-state index in [4.69, 9.17) is 0 Å². The Morgan fingerprint density at radius 1 is 1.33 bits per heavy atom. The molecule has 0 saturated heterocycles. The van der Waals surface area contributed by atoms with E-state index in [1.807, 2.05) is 22.8 Å². The fourth-order valence-corrected chi connectivity index (χ4v) is 2.15. The molecule has 0 aliphatic carbocycles. The predicted molar refractivity (Wildman–Crippen MR) is 66.5 cm³/mol. The Bertz CT molecular complexity index is 479. The zero-order valence-corrected chi connectivity index (χ0v) is 11.3. The van der Waals surface area contributed by atoms with Crippen molar-refractivity contribution in [2.24, 2.45) is 0 Å². The van der Waals surface area contributed by atoms with Gasteiger partial charge < -0.3 is 4.57 Å². The number of halogens is 2. The SMILES string of the molecule is CCn1cnnc1-c1cc(Br)ccc1Br. The average molecular weight is 331 g/mol. The van der Waals surface area contributed by atoms with Crippen molar-refractivity contribution in [1.82, 2.24) is 14.8 Å². The summed E-state index contributed by atoms with van der Waals surface area (Å²) >= 11 is 6.96. The fourth-order valence-electron chi connectivity index (χ4n) is 1.36. The number of rotatable bonds is 2. The Balaban J connectivity index is 2.58. The van der Waals surface area contributed by atoms with Crippen LogP contribution in [-0.4, -0.2) is 14.8 Å². The number of aryl methyl sites for hydroxylation is 1. The number of aromatic nitrogens is 3. The molecule has 0 atom stereocenters. The molecule has 0 aliphatic rings. The highest BCUT2D eigenvalue weighted by Crippen LogP contribution is 2.29. The van der Waals surface area contributed by atoms with Gasteiger partial charge in [-0.05, 0) is 25.1 Å². The van der Waals surface area contributed by atoms with Crippen molar-refractivity contribution in [1.29, 1.82) is 0 Å². The topological polar surface area (TPSA) is 30.7 Å². The van der Waals surface area contributed by atoms with E-state index < -0.39 is 0 Å². The minimum absolute atomic E-state index is 0.862. The molecule has 0 radical (unpaired) electrons. The lowest BCUT2D eigenvalue weighted by Crippen LogP contribution is -1.96. The molecule has 0 bridgehead atoms. The third kappa shape index (κ3) is 2.13. The first-order chi connectivity index (χ1) is 7.22. The van der Waals surface area contributed by atoms with Crippen LogP contribution in [0.1, 0.15) is 6.92 Å². The largest absolute Gasteiger partial charge is 0.314 e. The summed E-state index contributed by atoms with van der Waals surface area (Å²) in [7, 11) is 0. The number of benzene rings is 1. The summed E-state index contributed by atoms with van der Waals surface area (Å²) in [5.74, 6) is 0.880. The maximum Gasteiger partial charge on any atom is 0.164 e. The zero-order valence-electron chi connectivity index (χ0n) is 8.11. The minimum Gasteiger partial charge on any atom is -0.314 e. The van der Waals surface area contributed by atoms with E-state index in [1.165, 1.54) is 0 Å². The molecule has 0 amide bonds. The van der Waals surface area contributed by atoms with Crippen LogP contribution in [-0.2, 0) is 6.54 Å². The van der Waals surface area contributed by atoms with Crippen LogP contribution in [0.2, 0.25) is 0 Å². The molecular weight excluding hydrogens is 322 g/mol. The number of hydrogen-bond acceptors (Lipinski definition) is 2. The maximum atomic E-state index is 4.12. The molecule has 2 aromatic rings. The highest BCUT2D eigenvalue weighted by Gasteiger charge is 2.09. The van der Waals surface area contributed by atoms with Gasteiger partial charge in [-0.2, -0.15) is 0 Å². The van der Waals surface area contributed by atoms with Gasteiger partial charge in [0.15, 0.2) is 5.82 Å². The van der Waals surface area contributed by atoms with Crippen molar-refractivity contribution in [2.75, 3.05) is 0 Å². The van der Waals surface area contributed by atoms with Crippen LogP contribution >= 0.6 is 31.9 Å². The second-order valence-corrected chi connectivity index (χ2v) is 4.83. The van der Waals surface area contributed by atoms with Crippen molar-refractivity contribution in [3.8, 4) is 11.4 Å². The lowest BCUT2D eigenvalue weighted by atomic mass is 10.2. The number of hydrogen-bond donors (Lipinski definition) is 0. The lowest BCUT2D eigenvalue weighted by molar-refractivity contribution is 0.766. The van der Waals surface area contributed by atoms with E-state index in [0.717, 1.165) is 26.9 Å². The van der Waals surface area contributed by atoms with E-state index in [2.05, 4.69) is 49.0 Å². The van der Waals surface area contributed by atoms with Gasteiger partial charge in [0.2, 0.25) is 0 Å². The molecule has 0 unspecified atom stereocenters. The van der Waals surface area contributed by atoms with E-state index in [1.54, 1.807) is 6.33 Å². The zero-order chi connectivity index (χ0) is 10.8. The standard InChI is InChI=1S/C10H9Br2N3/c1-2-15-6-13-14-10(15)8-5-7(11)3-4-9(8)12/h3-6H,2H2,1H3. The Labute approximate surface area is 105 Å². The number of nitrogens with zero attached hydrogens (tertiary/aromatic N) is 3. The van der Waals surface area contributed by atoms with Gasteiger partial charge in [-0.1, -0.05) is 31.9 Å². The van der Waals surface area contributed by atoms with Crippen LogP contribution in [0.4, 0.5) is 0 Å². The van der Waals surface area contributed by atoms with Gasteiger partial charge in [0.25, 0.3) is 0 Å². The third-order valence-electron chi connectivity index (χ3n) is 2.13. The average Bonchev–Trinajstić information content (AvgIpc) is 2.69. The van der Waals surface area contributed by atoms with Gasteiger partial charge in [0.05, 0.1) is 0 Å². The summed E-state index contributed by atoms with van der Waals surface area (Å²) in [6.45, 7) is 2.93. The Kier molecular flexibility index (Phi) is 3.21. The van der Waals surface area contributed by atoms with Crippen molar-refractivity contribution >= 4 is 31.9 Å². The molecule has 0 saturated carbocycles. The molecule has 0 fully saturated rings. The molecule has 78 valence electrons. The van der Waals surface area contributed by atoms with Crippen molar-refractivity contribution in [3.63, 3.8) is 0 Å². The summed E-state index contributed by atoms with van der Waals surface area (Å²) in [5, 5.41) is 8.04. The first kappa shape index (κ1) is 10.8. The fraction of sp³-hybridized carbons (Fsp3) is 0.200. The van der Waals surface area contributed by atoms with Crippen molar-refractivity contribution in [3.05, 3.63) is 33.5 Å². The first-order valence-electron chi connectivity index (χ1n) is 4.55. The molecule has 5 heteroatoms. The van der Waals surface area contributed by atoms with Crippen LogP contribution in [0.15, 0.2) is 33.5 Å². The molecule has 1 aromatic heterocycles. The van der Waals surface area contributed by atoms with Gasteiger partial charge in [-0.25, -0.2) is 0 Å². The monoisotopic (exact) mass is 329 g/mol. The van der Waals surface area contributed by atoms with Gasteiger partial charge in [0.1, 0.15) is 6.33 Å². The van der Waals surface area contributed by atoms with Gasteiger partial charge in [-0.3, -0.25) is 0 Å². The summed E-state index contributed by atoms with van der Waals surface area (Å²) < 4.78 is 4.06. The smallest absolute Gasteiger partial charge is 0.164 e. The highest BCUT2D eigenvalue weighted by atomic mass is 79.9. The van der Waals surface area contributed by atoms with Crippen LogP contribution in [0.25, 0.3) is 11.4 Å². The molecule has 0 aliphatic heterocycles. The predicted octanol–water partition coefficient (Wildman–Crippen LogP) is 3.49. The summed E-state index contributed by atoms with van der Waals surface area (Å²) in [4.78, 5) is 0. The van der Waals surface area contributed by atoms with Crippen LogP contribution in [0.3, 0.4) is 0 Å². The molecule has 2 rings (SSSR count). The molecule has 1 aromatic carbocycles. The second kappa shape index (κ2) is 4.45. The van der Waals surface area contributed by atoms with Gasteiger partial charge >= 0.3 is 0 Å². The minimum atomic E-state index is 0.862. The molecule has 15 heavy (non-hydrogen) atoms. The Hall–Kier alpha value is -0.680. The molecule has 0 N–H and O–H groups in total. The third-order valence-corrected chi connectivity index (χ3v) is 3.31. The lowest BCUT2D eigenvalue weighted by Gasteiger charge is -2.05. The summed E-state index contributed by atoms with van der Waals surface area (Å²) in [5.41, 5.74) is 1.05. The highest BCUT2D eigenvalue weighted by molar-refractivity contribution is 9.11. The van der Waals surface area contributed by atoms with Gasteiger partial charge in [0, 0.05) is 21.1 Å². The normalized spacial score (nSPS) is 10.6. The van der Waals surface area contributed by atoms with Crippen LogP contribution in [0, 0.1) is 0 Å². The van der Waals surface area contributed by atoms with E-state index in [0.29, 0.717) is 0 Å². The molecular formula is C10H9Br2N3. The Morgan fingerprint density at radius 2 is 2.13 bits per heavy atom. The van der Waals surface area contributed by atoms with E-state index in [-0.39, 0.29) is 0 Å². The molecule has 3 nitrogen and oxygen atoms in total. The quantitative estimate of drug-likeness (QED) is 0.843. The van der Waals surface area contributed by atoms with E-state index >= 15 is 0 Å². The second-order valence-electron chi connectivity index (χ2n) is 3.06. The van der Waals surface area contributed by atoms with E-state index in [9.17, 15) is 0 Å². The summed E-state index contributed by atoms with van der Waals surface area (Å²) in [6, 6.07) is 6.01. The molecule has 1 heterocycles. The van der Waals surface area contributed by atoms with Crippen LogP contribution in [0.5, 0.6) is 0 Å². The van der Waals surface area contributed by atoms with Crippen molar-refractivity contribution < 1.29 is 0 Å².